The van der Waals surface area contributed by atoms with E-state index in [9.17, 15) is 19.2 Å². The van der Waals surface area contributed by atoms with Gasteiger partial charge in [-0.25, -0.2) is 4.79 Å². The summed E-state index contributed by atoms with van der Waals surface area (Å²) in [5.74, 6) is -3.32. The molecule has 0 radical (unpaired) electrons. The Hall–Kier alpha value is -2.90. The molecule has 2 aliphatic rings. The third kappa shape index (κ3) is 4.58. The van der Waals surface area contributed by atoms with Crippen LogP contribution in [0.4, 0.5) is 0 Å². The first-order valence-corrected chi connectivity index (χ1v) is 9.17. The minimum Gasteiger partial charge on any atom is -0.465 e. The van der Waals surface area contributed by atoms with E-state index in [1.807, 2.05) is 0 Å². The Bertz CT molecular complexity index is 767. The molecule has 1 saturated heterocycles. The fraction of sp³-hybridized carbons (Fsp3) is 0.524. The maximum absolute atomic E-state index is 12.3. The normalized spacial score (nSPS) is 30.6. The fourth-order valence-electron chi connectivity index (χ4n) is 4.18. The van der Waals surface area contributed by atoms with Crippen molar-refractivity contribution >= 4 is 23.9 Å². The van der Waals surface area contributed by atoms with Gasteiger partial charge in [0.2, 0.25) is 0 Å². The standard InChI is InChI=1S/C21H26O8/c1-7-21(10-27-14(5)23)8-16(28-15(6)24)17-12(3)20(25)29-19(17)18(21)11(2)9-26-13(4)22/h7,16-19H,1-3,8-10H2,4-6H3/t16-,17+,18+,19-,21+/m0/s1. The highest BCUT2D eigenvalue weighted by molar-refractivity contribution is 5.91. The van der Waals surface area contributed by atoms with Crippen molar-refractivity contribution in [2.45, 2.75) is 39.4 Å². The summed E-state index contributed by atoms with van der Waals surface area (Å²) >= 11 is 0. The molecule has 0 unspecified atom stereocenters. The Morgan fingerprint density at radius 3 is 2.31 bits per heavy atom. The molecule has 2 rings (SSSR count). The highest BCUT2D eigenvalue weighted by atomic mass is 16.6. The average molecular weight is 406 g/mol. The third-order valence-corrected chi connectivity index (χ3v) is 5.36. The molecule has 0 aromatic carbocycles. The molecule has 1 aliphatic heterocycles. The zero-order chi connectivity index (χ0) is 21.9. The van der Waals surface area contributed by atoms with Gasteiger partial charge in [-0.1, -0.05) is 19.2 Å². The fourth-order valence-corrected chi connectivity index (χ4v) is 4.18. The summed E-state index contributed by atoms with van der Waals surface area (Å²) < 4.78 is 21.4. The molecule has 0 aromatic rings. The summed E-state index contributed by atoms with van der Waals surface area (Å²) in [6.07, 6.45) is 0.262. The lowest BCUT2D eigenvalue weighted by Gasteiger charge is -2.49. The van der Waals surface area contributed by atoms with Gasteiger partial charge in [-0.05, 0) is 12.0 Å². The van der Waals surface area contributed by atoms with E-state index in [4.69, 9.17) is 18.9 Å². The molecule has 5 atom stereocenters. The minimum atomic E-state index is -0.963. The van der Waals surface area contributed by atoms with Gasteiger partial charge in [0.1, 0.15) is 25.4 Å². The van der Waals surface area contributed by atoms with Gasteiger partial charge in [-0.15, -0.1) is 6.58 Å². The highest BCUT2D eigenvalue weighted by Gasteiger charge is 2.60. The molecule has 29 heavy (non-hydrogen) atoms. The van der Waals surface area contributed by atoms with Crippen LogP contribution in [0.5, 0.6) is 0 Å². The molecular weight excluding hydrogens is 380 g/mol. The van der Waals surface area contributed by atoms with Crippen LogP contribution in [0.25, 0.3) is 0 Å². The second-order valence-electron chi connectivity index (χ2n) is 7.41. The number of hydrogen-bond donors (Lipinski definition) is 0. The van der Waals surface area contributed by atoms with Gasteiger partial charge in [0.25, 0.3) is 0 Å². The van der Waals surface area contributed by atoms with Gasteiger partial charge in [-0.3, -0.25) is 14.4 Å². The number of fused-ring (bicyclic) bond motifs is 1. The van der Waals surface area contributed by atoms with Crippen LogP contribution in [0.15, 0.2) is 37.0 Å². The molecule has 8 nitrogen and oxygen atoms in total. The Balaban J connectivity index is 2.52. The molecule has 1 saturated carbocycles. The maximum atomic E-state index is 12.3. The first-order valence-electron chi connectivity index (χ1n) is 9.17. The first kappa shape index (κ1) is 22.4. The van der Waals surface area contributed by atoms with Crippen molar-refractivity contribution < 1.29 is 38.1 Å². The maximum Gasteiger partial charge on any atom is 0.334 e. The van der Waals surface area contributed by atoms with Crippen molar-refractivity contribution in [2.75, 3.05) is 13.2 Å². The zero-order valence-corrected chi connectivity index (χ0v) is 16.9. The largest absolute Gasteiger partial charge is 0.465 e. The Labute approximate surface area is 169 Å². The van der Waals surface area contributed by atoms with E-state index >= 15 is 0 Å². The molecule has 0 spiro atoms. The predicted octanol–water partition coefficient (Wildman–Crippen LogP) is 1.89. The first-order chi connectivity index (χ1) is 13.5. The Kier molecular flexibility index (Phi) is 6.66. The third-order valence-electron chi connectivity index (χ3n) is 5.36. The number of carbonyl (C=O) groups excluding carboxylic acids is 4. The molecule has 0 N–H and O–H groups in total. The monoisotopic (exact) mass is 406 g/mol. The van der Waals surface area contributed by atoms with Crippen molar-refractivity contribution in [3.63, 3.8) is 0 Å². The molecule has 0 bridgehead atoms. The van der Waals surface area contributed by atoms with E-state index in [1.54, 1.807) is 6.08 Å². The Morgan fingerprint density at radius 2 is 1.79 bits per heavy atom. The van der Waals surface area contributed by atoms with Gasteiger partial charge >= 0.3 is 23.9 Å². The van der Waals surface area contributed by atoms with Crippen molar-refractivity contribution in [1.82, 2.24) is 0 Å². The van der Waals surface area contributed by atoms with Crippen LogP contribution < -0.4 is 0 Å². The van der Waals surface area contributed by atoms with E-state index in [-0.39, 0.29) is 25.2 Å². The van der Waals surface area contributed by atoms with Gasteiger partial charge in [0.05, 0.1) is 5.92 Å². The summed E-state index contributed by atoms with van der Waals surface area (Å²) in [6, 6.07) is 0. The van der Waals surface area contributed by atoms with Gasteiger partial charge in [-0.2, -0.15) is 0 Å². The van der Waals surface area contributed by atoms with E-state index in [0.29, 0.717) is 5.57 Å². The SMILES string of the molecule is C=C[C@]1(COC(C)=O)C[C@H](OC(C)=O)[C@H]2C(=C)C(=O)O[C@@H]2[C@H]1C(=C)COC(C)=O. The number of rotatable bonds is 7. The Morgan fingerprint density at radius 1 is 1.17 bits per heavy atom. The average Bonchev–Trinajstić information content (AvgIpc) is 2.92. The number of esters is 4. The lowest BCUT2D eigenvalue weighted by molar-refractivity contribution is -0.169. The van der Waals surface area contributed by atoms with Gasteiger partial charge in [0, 0.05) is 37.7 Å². The summed E-state index contributed by atoms with van der Waals surface area (Å²) in [6.45, 7) is 15.3. The molecule has 1 aliphatic carbocycles. The number of ether oxygens (including phenoxy) is 4. The van der Waals surface area contributed by atoms with Crippen LogP contribution in [-0.4, -0.2) is 49.3 Å². The molecule has 0 amide bonds. The second-order valence-corrected chi connectivity index (χ2v) is 7.41. The van der Waals surface area contributed by atoms with E-state index in [0.717, 1.165) is 0 Å². The predicted molar refractivity (Wildman–Crippen MR) is 101 cm³/mol. The number of hydrogen-bond acceptors (Lipinski definition) is 8. The van der Waals surface area contributed by atoms with Gasteiger partial charge in [0.15, 0.2) is 0 Å². The molecule has 158 valence electrons. The molecule has 2 fully saturated rings. The van der Waals surface area contributed by atoms with Crippen LogP contribution in [0.1, 0.15) is 27.2 Å². The molecule has 8 heteroatoms. The van der Waals surface area contributed by atoms with Crippen molar-refractivity contribution in [2.24, 2.45) is 17.3 Å². The van der Waals surface area contributed by atoms with E-state index in [1.165, 1.54) is 20.8 Å². The van der Waals surface area contributed by atoms with Crippen molar-refractivity contribution in [3.05, 3.63) is 37.0 Å². The molecule has 1 heterocycles. The minimum absolute atomic E-state index is 0.0966. The summed E-state index contributed by atoms with van der Waals surface area (Å²) in [5.41, 5.74) is -0.308. The lowest BCUT2D eigenvalue weighted by atomic mass is 9.58. The van der Waals surface area contributed by atoms with Crippen LogP contribution in [0.3, 0.4) is 0 Å². The summed E-state index contributed by atoms with van der Waals surface area (Å²) in [7, 11) is 0. The van der Waals surface area contributed by atoms with Crippen molar-refractivity contribution in [3.8, 4) is 0 Å². The second kappa shape index (κ2) is 8.63. The van der Waals surface area contributed by atoms with E-state index < -0.39 is 53.3 Å². The quantitative estimate of drug-likeness (QED) is 0.273. The topological polar surface area (TPSA) is 105 Å². The van der Waals surface area contributed by atoms with Gasteiger partial charge < -0.3 is 18.9 Å². The molecule has 0 aromatic heterocycles. The van der Waals surface area contributed by atoms with Crippen molar-refractivity contribution in [1.29, 1.82) is 0 Å². The number of carbonyl (C=O) groups is 4. The molecular formula is C21H26O8. The smallest absolute Gasteiger partial charge is 0.334 e. The van der Waals surface area contributed by atoms with E-state index in [2.05, 4.69) is 19.7 Å². The van der Waals surface area contributed by atoms with Crippen LogP contribution >= 0.6 is 0 Å². The lowest BCUT2D eigenvalue weighted by Crippen LogP contribution is -2.54. The summed E-state index contributed by atoms with van der Waals surface area (Å²) in [4.78, 5) is 46.7. The van der Waals surface area contributed by atoms with Crippen LogP contribution in [0, 0.1) is 17.3 Å². The highest BCUT2D eigenvalue weighted by Crippen LogP contribution is 2.54. The van der Waals surface area contributed by atoms with Crippen LogP contribution in [-0.2, 0) is 38.1 Å². The zero-order valence-electron chi connectivity index (χ0n) is 16.9. The summed E-state index contributed by atoms with van der Waals surface area (Å²) in [5, 5.41) is 0. The van der Waals surface area contributed by atoms with Crippen LogP contribution in [0.2, 0.25) is 0 Å².